The van der Waals surface area contributed by atoms with Crippen LogP contribution < -0.4 is 11.1 Å². The Labute approximate surface area is 313 Å². The van der Waals surface area contributed by atoms with Crippen molar-refractivity contribution in [2.45, 2.75) is 180 Å². The van der Waals surface area contributed by atoms with Crippen molar-refractivity contribution in [3.8, 4) is 0 Å². The van der Waals surface area contributed by atoms with Crippen LogP contribution in [-0.2, 0) is 18.4 Å². The molecule has 5 N–H and O–H groups in total. The summed E-state index contributed by atoms with van der Waals surface area (Å²) >= 11 is 0. The summed E-state index contributed by atoms with van der Waals surface area (Å²) in [7, 11) is -4.34. The van der Waals surface area contributed by atoms with Gasteiger partial charge in [0.05, 0.1) is 25.4 Å². The van der Waals surface area contributed by atoms with Crippen LogP contribution in [0, 0.1) is 0 Å². The molecule has 0 fully saturated rings. The molecule has 0 rings (SSSR count). The van der Waals surface area contributed by atoms with E-state index in [-0.39, 0.29) is 25.7 Å². The average Bonchev–Trinajstić information content (AvgIpc) is 3.12. The van der Waals surface area contributed by atoms with Gasteiger partial charge in [0.25, 0.3) is 0 Å². The molecule has 0 aliphatic heterocycles. The topological polar surface area (TPSA) is 131 Å². The van der Waals surface area contributed by atoms with Gasteiger partial charge in [-0.25, -0.2) is 4.57 Å². The third-order valence-corrected chi connectivity index (χ3v) is 9.55. The second-order valence-electron chi connectivity index (χ2n) is 13.5. The van der Waals surface area contributed by atoms with Gasteiger partial charge in [0.2, 0.25) is 5.91 Å². The van der Waals surface area contributed by atoms with Gasteiger partial charge >= 0.3 is 7.82 Å². The van der Waals surface area contributed by atoms with E-state index in [0.29, 0.717) is 6.42 Å². The quantitative estimate of drug-likeness (QED) is 0.0284. The van der Waals surface area contributed by atoms with Crippen LogP contribution in [0.1, 0.15) is 168 Å². The molecule has 0 saturated carbocycles. The Morgan fingerprint density at radius 3 is 1.69 bits per heavy atom. The van der Waals surface area contributed by atoms with Crippen molar-refractivity contribution >= 4 is 13.7 Å². The highest BCUT2D eigenvalue weighted by Crippen LogP contribution is 2.43. The molecule has 8 nitrogen and oxygen atoms in total. The number of rotatable bonds is 37. The van der Waals surface area contributed by atoms with E-state index in [1.165, 1.54) is 83.5 Å². The zero-order chi connectivity index (χ0) is 37.5. The second-order valence-corrected chi connectivity index (χ2v) is 14.9. The lowest BCUT2D eigenvalue weighted by molar-refractivity contribution is -0.123. The van der Waals surface area contributed by atoms with Crippen molar-refractivity contribution < 1.29 is 28.4 Å². The molecule has 0 aliphatic rings. The summed E-state index contributed by atoms with van der Waals surface area (Å²) in [6, 6.07) is -0.881. The summed E-state index contributed by atoms with van der Waals surface area (Å²) in [6.45, 7) is 4.02. The highest BCUT2D eigenvalue weighted by Gasteiger charge is 2.26. The monoisotopic (exact) mass is 737 g/mol. The zero-order valence-corrected chi connectivity index (χ0v) is 33.5. The first-order valence-electron chi connectivity index (χ1n) is 20.4. The molecule has 0 radical (unpaired) electrons. The Morgan fingerprint density at radius 1 is 0.647 bits per heavy atom. The summed E-state index contributed by atoms with van der Waals surface area (Å²) < 4.78 is 22.0. The predicted octanol–water partition coefficient (Wildman–Crippen LogP) is 11.1. The molecular weight excluding hydrogens is 659 g/mol. The predicted molar refractivity (Wildman–Crippen MR) is 217 cm³/mol. The molecule has 3 atom stereocenters. The molecule has 296 valence electrons. The molecule has 0 bridgehead atoms. The highest BCUT2D eigenvalue weighted by molar-refractivity contribution is 7.47. The fraction of sp³-hybridized carbons (Fsp3) is 0.738. The number of hydrogen-bond donors (Lipinski definition) is 4. The molecule has 3 unspecified atom stereocenters. The lowest BCUT2D eigenvalue weighted by atomic mass is 10.1. The van der Waals surface area contributed by atoms with E-state index in [9.17, 15) is 19.4 Å². The van der Waals surface area contributed by atoms with E-state index in [1.807, 2.05) is 6.08 Å². The number of hydrogen-bond acceptors (Lipinski definition) is 6. The van der Waals surface area contributed by atoms with Gasteiger partial charge in [-0.3, -0.25) is 13.8 Å². The smallest absolute Gasteiger partial charge is 0.387 e. The summed E-state index contributed by atoms with van der Waals surface area (Å²) in [5, 5.41) is 13.5. The van der Waals surface area contributed by atoms with Gasteiger partial charge in [-0.05, 0) is 70.6 Å². The Morgan fingerprint density at radius 2 is 1.10 bits per heavy atom. The number of nitrogens with one attached hydrogen (secondary N) is 1. The van der Waals surface area contributed by atoms with Gasteiger partial charge in [-0.15, -0.1) is 0 Å². The minimum atomic E-state index is -4.34. The summed E-state index contributed by atoms with van der Waals surface area (Å²) in [5.41, 5.74) is 5.35. The number of aliphatic hydroxyl groups is 1. The Bertz CT molecular complexity index is 980. The minimum Gasteiger partial charge on any atom is -0.387 e. The Hall–Kier alpha value is -1.80. The van der Waals surface area contributed by atoms with Gasteiger partial charge in [0.1, 0.15) is 0 Å². The molecule has 9 heteroatoms. The van der Waals surface area contributed by atoms with Crippen molar-refractivity contribution in [2.75, 3.05) is 19.8 Å². The van der Waals surface area contributed by atoms with E-state index < -0.39 is 20.0 Å². The molecule has 0 aliphatic carbocycles. The number of unbranched alkanes of at least 4 members (excludes halogenated alkanes) is 17. The molecule has 0 aromatic carbocycles. The summed E-state index contributed by atoms with van der Waals surface area (Å²) in [6.07, 6.45) is 47.1. The van der Waals surface area contributed by atoms with Gasteiger partial charge in [-0.2, -0.15) is 0 Å². The maximum absolute atomic E-state index is 12.7. The van der Waals surface area contributed by atoms with E-state index in [2.05, 4.69) is 67.8 Å². The van der Waals surface area contributed by atoms with E-state index >= 15 is 0 Å². The third-order valence-electron chi connectivity index (χ3n) is 8.57. The minimum absolute atomic E-state index is 0.0698. The highest BCUT2D eigenvalue weighted by atomic mass is 31.2. The summed E-state index contributed by atoms with van der Waals surface area (Å²) in [5.74, 6) is -0.217. The second kappa shape index (κ2) is 37.9. The number of amides is 1. The first kappa shape index (κ1) is 49.2. The number of aliphatic hydroxyl groups excluding tert-OH is 1. The van der Waals surface area contributed by atoms with Crippen LogP contribution in [0.25, 0.3) is 0 Å². The van der Waals surface area contributed by atoms with Crippen molar-refractivity contribution in [3.05, 3.63) is 60.8 Å². The van der Waals surface area contributed by atoms with Gasteiger partial charge in [0.15, 0.2) is 0 Å². The SMILES string of the molecule is CCCCC/C=C/CC/C=C/C(O)C(COP(=O)(O)OCCN)NC(=O)CCCCCCCCCC/C=C\C/C=C\C/C=C\CCCCCCC. The molecule has 0 aromatic rings. The lowest BCUT2D eigenvalue weighted by Gasteiger charge is -2.23. The van der Waals surface area contributed by atoms with Crippen LogP contribution in [0.2, 0.25) is 0 Å². The molecular formula is C42H77N2O6P. The van der Waals surface area contributed by atoms with Crippen LogP contribution in [0.15, 0.2) is 60.8 Å². The van der Waals surface area contributed by atoms with Gasteiger partial charge < -0.3 is 21.1 Å². The molecule has 1 amide bonds. The van der Waals surface area contributed by atoms with Crippen LogP contribution in [-0.4, -0.2) is 47.8 Å². The first-order chi connectivity index (χ1) is 24.9. The van der Waals surface area contributed by atoms with Crippen LogP contribution in [0.5, 0.6) is 0 Å². The van der Waals surface area contributed by atoms with Crippen molar-refractivity contribution in [2.24, 2.45) is 5.73 Å². The molecule has 0 aromatic heterocycles. The number of carbonyl (C=O) groups is 1. The third kappa shape index (κ3) is 36.4. The normalized spacial score (nSPS) is 14.8. The average molecular weight is 737 g/mol. The van der Waals surface area contributed by atoms with E-state index in [0.717, 1.165) is 64.2 Å². The molecule has 51 heavy (non-hydrogen) atoms. The van der Waals surface area contributed by atoms with Crippen LogP contribution in [0.3, 0.4) is 0 Å². The Kier molecular flexibility index (Phi) is 36.6. The first-order valence-corrected chi connectivity index (χ1v) is 21.9. The van der Waals surface area contributed by atoms with Crippen LogP contribution >= 0.6 is 7.82 Å². The largest absolute Gasteiger partial charge is 0.472 e. The fourth-order valence-electron chi connectivity index (χ4n) is 5.45. The van der Waals surface area contributed by atoms with E-state index in [1.54, 1.807) is 6.08 Å². The van der Waals surface area contributed by atoms with Crippen molar-refractivity contribution in [3.63, 3.8) is 0 Å². The zero-order valence-electron chi connectivity index (χ0n) is 32.6. The van der Waals surface area contributed by atoms with Crippen molar-refractivity contribution in [1.29, 1.82) is 0 Å². The maximum atomic E-state index is 12.7. The van der Waals surface area contributed by atoms with Gasteiger partial charge in [-0.1, -0.05) is 152 Å². The standard InChI is InChI=1S/C42H77N2O6P/c1-3-5-7-9-11-13-14-15-16-17-18-19-20-21-22-23-24-25-26-28-30-32-34-36-42(46)44-40(39-50-51(47,48)49-38-37-43)41(45)35-33-31-29-27-12-10-8-6-4-2/h12,14-15,17-18,20-21,27,33,35,40-41,45H,3-11,13,16,19,22-26,28-32,34,36-39,43H2,1-2H3,(H,44,46)(H,47,48)/b15-14-,18-17-,21-20-,27-12+,35-33+. The van der Waals surface area contributed by atoms with E-state index in [4.69, 9.17) is 14.8 Å². The van der Waals surface area contributed by atoms with Crippen molar-refractivity contribution in [1.82, 2.24) is 5.32 Å². The molecule has 0 saturated heterocycles. The number of carbonyl (C=O) groups excluding carboxylic acids is 1. The molecule has 0 spiro atoms. The lowest BCUT2D eigenvalue weighted by Crippen LogP contribution is -2.45. The number of nitrogens with two attached hydrogens (primary N) is 1. The summed E-state index contributed by atoms with van der Waals surface area (Å²) in [4.78, 5) is 22.6. The number of allylic oxidation sites excluding steroid dienone is 9. The number of phosphoric ester groups is 1. The maximum Gasteiger partial charge on any atom is 0.472 e. The van der Waals surface area contributed by atoms with Crippen LogP contribution in [0.4, 0.5) is 0 Å². The Balaban J connectivity index is 4.15. The fourth-order valence-corrected chi connectivity index (χ4v) is 6.21. The number of phosphoric acid groups is 1. The van der Waals surface area contributed by atoms with Gasteiger partial charge in [0, 0.05) is 13.0 Å². The molecule has 0 heterocycles.